The Morgan fingerprint density at radius 3 is 3.04 bits per heavy atom. The van der Waals surface area contributed by atoms with E-state index < -0.39 is 0 Å². The summed E-state index contributed by atoms with van der Waals surface area (Å²) in [5, 5.41) is 3.95. The minimum absolute atomic E-state index is 0.0266. The van der Waals surface area contributed by atoms with Crippen molar-refractivity contribution in [2.75, 3.05) is 6.54 Å². The van der Waals surface area contributed by atoms with Gasteiger partial charge in [-0.15, -0.1) is 11.3 Å². The van der Waals surface area contributed by atoms with Crippen molar-refractivity contribution in [2.45, 2.75) is 45.2 Å². The summed E-state index contributed by atoms with van der Waals surface area (Å²) >= 11 is 1.71. The van der Waals surface area contributed by atoms with Gasteiger partial charge in [-0.05, 0) is 37.3 Å². The Balaban J connectivity index is 1.31. The van der Waals surface area contributed by atoms with E-state index in [0.29, 0.717) is 19.6 Å². The molecule has 0 spiro atoms. The summed E-state index contributed by atoms with van der Waals surface area (Å²) in [6.45, 7) is 1.44. The number of aryl methyl sites for hydroxylation is 2. The van der Waals surface area contributed by atoms with E-state index in [9.17, 15) is 9.59 Å². The summed E-state index contributed by atoms with van der Waals surface area (Å²) in [6.07, 6.45) is 8.35. The molecule has 1 saturated heterocycles. The number of likely N-dealkylation sites (tertiary alicyclic amines) is 1. The number of carbonyl (C=O) groups excluding carboxylic acids is 2. The van der Waals surface area contributed by atoms with Gasteiger partial charge in [-0.3, -0.25) is 14.6 Å². The highest BCUT2D eigenvalue weighted by Crippen LogP contribution is 2.27. The first kappa shape index (κ1) is 17.1. The van der Waals surface area contributed by atoms with Gasteiger partial charge in [0.1, 0.15) is 5.01 Å². The van der Waals surface area contributed by atoms with Gasteiger partial charge in [0.25, 0.3) is 0 Å². The van der Waals surface area contributed by atoms with Crippen molar-refractivity contribution >= 4 is 23.2 Å². The summed E-state index contributed by atoms with van der Waals surface area (Å²) in [5.41, 5.74) is 2.19. The second kappa shape index (κ2) is 7.53. The van der Waals surface area contributed by atoms with Crippen LogP contribution in [0.4, 0.5) is 0 Å². The molecule has 0 radical (unpaired) electrons. The van der Waals surface area contributed by atoms with Crippen molar-refractivity contribution < 1.29 is 9.59 Å². The highest BCUT2D eigenvalue weighted by Gasteiger charge is 2.34. The average molecular weight is 370 g/mol. The molecule has 0 unspecified atom stereocenters. The lowest BCUT2D eigenvalue weighted by Crippen LogP contribution is -2.32. The van der Waals surface area contributed by atoms with Crippen LogP contribution >= 0.6 is 11.3 Å². The van der Waals surface area contributed by atoms with E-state index in [1.54, 1.807) is 28.6 Å². The maximum Gasteiger partial charge on any atom is 0.225 e. The van der Waals surface area contributed by atoms with Crippen molar-refractivity contribution in [1.29, 1.82) is 0 Å². The molecule has 1 fully saturated rings. The van der Waals surface area contributed by atoms with Gasteiger partial charge in [-0.2, -0.15) is 0 Å². The van der Waals surface area contributed by atoms with Crippen LogP contribution in [0.1, 0.15) is 40.4 Å². The van der Waals surface area contributed by atoms with Crippen LogP contribution in [0, 0.1) is 5.92 Å². The Morgan fingerprint density at radius 2 is 2.23 bits per heavy atom. The topological polar surface area (TPSA) is 75.2 Å². The number of pyridine rings is 1. The van der Waals surface area contributed by atoms with E-state index in [4.69, 9.17) is 0 Å². The molecule has 4 rings (SSSR count). The van der Waals surface area contributed by atoms with Gasteiger partial charge < -0.3 is 10.2 Å². The fraction of sp³-hybridized carbons (Fsp3) is 0.474. The third kappa shape index (κ3) is 3.77. The minimum atomic E-state index is -0.284. The predicted octanol–water partition coefficient (Wildman–Crippen LogP) is 2.08. The van der Waals surface area contributed by atoms with Gasteiger partial charge in [0, 0.05) is 36.8 Å². The molecule has 7 heteroatoms. The highest BCUT2D eigenvalue weighted by molar-refractivity contribution is 7.11. The molecule has 2 aliphatic rings. The fourth-order valence-electron chi connectivity index (χ4n) is 3.60. The smallest absolute Gasteiger partial charge is 0.225 e. The summed E-state index contributed by atoms with van der Waals surface area (Å²) in [7, 11) is 0. The quantitative estimate of drug-likeness (QED) is 0.874. The van der Waals surface area contributed by atoms with Crippen LogP contribution in [0.5, 0.6) is 0 Å². The second-order valence-electron chi connectivity index (χ2n) is 6.94. The van der Waals surface area contributed by atoms with Crippen LogP contribution in [0.3, 0.4) is 0 Å². The molecule has 26 heavy (non-hydrogen) atoms. The Hall–Kier alpha value is -2.28. The fourth-order valence-corrected chi connectivity index (χ4v) is 4.70. The number of nitrogens with one attached hydrogen (secondary N) is 1. The Labute approximate surface area is 156 Å². The Kier molecular flexibility index (Phi) is 4.97. The number of thiazole rings is 1. The zero-order valence-electron chi connectivity index (χ0n) is 14.6. The molecule has 136 valence electrons. The minimum Gasteiger partial charge on any atom is -0.349 e. The molecule has 1 aliphatic heterocycles. The third-order valence-corrected chi connectivity index (χ3v) is 6.14. The number of hydrogen-bond donors (Lipinski definition) is 1. The molecule has 1 aliphatic carbocycles. The number of fused-ring (bicyclic) bond motifs is 1. The van der Waals surface area contributed by atoms with Crippen LogP contribution in [-0.4, -0.2) is 33.2 Å². The zero-order valence-corrected chi connectivity index (χ0v) is 15.4. The van der Waals surface area contributed by atoms with Crippen LogP contribution in [-0.2, 0) is 35.5 Å². The molecule has 3 heterocycles. The summed E-state index contributed by atoms with van der Waals surface area (Å²) in [5.74, 6) is -0.312. The first-order valence-electron chi connectivity index (χ1n) is 9.11. The largest absolute Gasteiger partial charge is 0.349 e. The molecule has 0 saturated carbocycles. The maximum absolute atomic E-state index is 12.5. The van der Waals surface area contributed by atoms with Crippen molar-refractivity contribution in [2.24, 2.45) is 5.92 Å². The number of nitrogens with zero attached hydrogens (tertiary/aromatic N) is 3. The van der Waals surface area contributed by atoms with Gasteiger partial charge in [-0.25, -0.2) is 4.98 Å². The summed E-state index contributed by atoms with van der Waals surface area (Å²) < 4.78 is 0. The average Bonchev–Trinajstić information content (AvgIpc) is 3.24. The lowest BCUT2D eigenvalue weighted by Gasteiger charge is -2.16. The number of amides is 2. The standard InChI is InChI=1S/C19H22N4O2S/c24-18-8-14(12-23(18)11-13-4-3-7-20-9-13)19(25)21-10-17-22-15-5-1-2-6-16(15)26-17/h3-4,7,9,14H,1-2,5-6,8,10-12H2,(H,21,25)/t14-/m0/s1. The van der Waals surface area contributed by atoms with E-state index in [1.807, 2.05) is 12.1 Å². The van der Waals surface area contributed by atoms with Gasteiger partial charge in [-0.1, -0.05) is 6.07 Å². The third-order valence-electron chi connectivity index (χ3n) is 4.99. The molecule has 0 bridgehead atoms. The molecule has 2 aromatic heterocycles. The maximum atomic E-state index is 12.5. The second-order valence-corrected chi connectivity index (χ2v) is 8.11. The normalized spacial score (nSPS) is 19.5. The SMILES string of the molecule is O=C(NCc1nc2c(s1)CCCC2)[C@H]1CC(=O)N(Cc2cccnc2)C1. The van der Waals surface area contributed by atoms with E-state index in [-0.39, 0.29) is 24.2 Å². The van der Waals surface area contributed by atoms with Crippen molar-refractivity contribution in [3.63, 3.8) is 0 Å². The van der Waals surface area contributed by atoms with E-state index >= 15 is 0 Å². The van der Waals surface area contributed by atoms with Crippen molar-refractivity contribution in [3.05, 3.63) is 45.7 Å². The molecular formula is C19H22N4O2S. The first-order chi connectivity index (χ1) is 12.7. The van der Waals surface area contributed by atoms with E-state index in [2.05, 4.69) is 15.3 Å². The summed E-state index contributed by atoms with van der Waals surface area (Å²) in [4.78, 5) is 36.5. The number of hydrogen-bond acceptors (Lipinski definition) is 5. The number of rotatable bonds is 5. The number of carbonyl (C=O) groups is 2. The van der Waals surface area contributed by atoms with Crippen LogP contribution in [0.25, 0.3) is 0 Å². The summed E-state index contributed by atoms with van der Waals surface area (Å²) in [6, 6.07) is 3.80. The lowest BCUT2D eigenvalue weighted by atomic mass is 10.0. The molecule has 1 atom stereocenters. The Bertz CT molecular complexity index is 782. The van der Waals surface area contributed by atoms with Crippen molar-refractivity contribution in [3.8, 4) is 0 Å². The van der Waals surface area contributed by atoms with Gasteiger partial charge in [0.05, 0.1) is 18.2 Å². The molecule has 2 amide bonds. The van der Waals surface area contributed by atoms with E-state index in [1.165, 1.54) is 23.4 Å². The lowest BCUT2D eigenvalue weighted by molar-refractivity contribution is -0.129. The molecular weight excluding hydrogens is 348 g/mol. The van der Waals surface area contributed by atoms with Gasteiger partial charge in [0.15, 0.2) is 0 Å². The molecule has 2 aromatic rings. The van der Waals surface area contributed by atoms with E-state index in [0.717, 1.165) is 23.4 Å². The van der Waals surface area contributed by atoms with Crippen LogP contribution in [0.15, 0.2) is 24.5 Å². The van der Waals surface area contributed by atoms with Gasteiger partial charge >= 0.3 is 0 Å². The van der Waals surface area contributed by atoms with Crippen LogP contribution < -0.4 is 5.32 Å². The number of aromatic nitrogens is 2. The molecule has 1 N–H and O–H groups in total. The molecule has 6 nitrogen and oxygen atoms in total. The highest BCUT2D eigenvalue weighted by atomic mass is 32.1. The van der Waals surface area contributed by atoms with Gasteiger partial charge in [0.2, 0.25) is 11.8 Å². The molecule has 0 aromatic carbocycles. The Morgan fingerprint density at radius 1 is 1.35 bits per heavy atom. The van der Waals surface area contributed by atoms with Crippen molar-refractivity contribution in [1.82, 2.24) is 20.2 Å². The van der Waals surface area contributed by atoms with Crippen LogP contribution in [0.2, 0.25) is 0 Å². The first-order valence-corrected chi connectivity index (χ1v) is 9.92. The monoisotopic (exact) mass is 370 g/mol. The zero-order chi connectivity index (χ0) is 17.9. The predicted molar refractivity (Wildman–Crippen MR) is 98.4 cm³/mol.